The van der Waals surface area contributed by atoms with Gasteiger partial charge in [-0.2, -0.15) is 8.42 Å². The highest BCUT2D eigenvalue weighted by Gasteiger charge is 2.18. The molecule has 1 heterocycles. The number of nitrogens with zero attached hydrogens (tertiary/aromatic N) is 2. The Morgan fingerprint density at radius 2 is 2.00 bits per heavy atom. The van der Waals surface area contributed by atoms with Crippen LogP contribution < -0.4 is 0 Å². The van der Waals surface area contributed by atoms with Crippen LogP contribution >= 0.6 is 23.2 Å². The maximum atomic E-state index is 12.3. The number of rotatable bonds is 1. The molecule has 0 unspecified atom stereocenters. The van der Waals surface area contributed by atoms with Gasteiger partial charge in [-0.25, -0.2) is 9.97 Å². The minimum Gasteiger partial charge on any atom is -0.225 e. The van der Waals surface area contributed by atoms with E-state index in [1.54, 1.807) is 0 Å². The molecule has 0 bridgehead atoms. The Bertz CT molecular complexity index is 408. The summed E-state index contributed by atoms with van der Waals surface area (Å²) in [7, 11) is -4.87. The van der Waals surface area contributed by atoms with Crippen molar-refractivity contribution in [2.45, 2.75) is 4.90 Å². The van der Waals surface area contributed by atoms with Crippen LogP contribution in [-0.4, -0.2) is 18.4 Å². The highest BCUT2D eigenvalue weighted by Crippen LogP contribution is 2.20. The van der Waals surface area contributed by atoms with Crippen molar-refractivity contribution in [1.29, 1.82) is 0 Å². The lowest BCUT2D eigenvalue weighted by molar-refractivity contribution is 0.551. The topological polar surface area (TPSA) is 59.9 Å². The smallest absolute Gasteiger partial charge is 0.225 e. The molecule has 0 saturated heterocycles. The SMILES string of the molecule is O=S(=O)(F)c1cnc(Cl)nc1Cl. The summed E-state index contributed by atoms with van der Waals surface area (Å²) in [5, 5.41) is -0.773. The van der Waals surface area contributed by atoms with E-state index in [1.807, 2.05) is 0 Å². The fourth-order valence-corrected chi connectivity index (χ4v) is 1.50. The molecular formula is C4HCl2FN2O2S. The van der Waals surface area contributed by atoms with E-state index in [1.165, 1.54) is 0 Å². The monoisotopic (exact) mass is 230 g/mol. The van der Waals surface area contributed by atoms with Gasteiger partial charge >= 0.3 is 10.2 Å². The molecule has 0 amide bonds. The molecule has 0 aromatic carbocycles. The number of hydrogen-bond donors (Lipinski definition) is 0. The van der Waals surface area contributed by atoms with Gasteiger partial charge in [0, 0.05) is 0 Å². The molecule has 0 N–H and O–H groups in total. The molecule has 66 valence electrons. The van der Waals surface area contributed by atoms with E-state index in [2.05, 4.69) is 9.97 Å². The van der Waals surface area contributed by atoms with E-state index in [9.17, 15) is 12.3 Å². The first kappa shape index (κ1) is 9.63. The van der Waals surface area contributed by atoms with Crippen molar-refractivity contribution in [2.75, 3.05) is 0 Å². The van der Waals surface area contributed by atoms with Gasteiger partial charge in [0.1, 0.15) is 0 Å². The number of halogens is 3. The summed E-state index contributed by atoms with van der Waals surface area (Å²) < 4.78 is 32.9. The van der Waals surface area contributed by atoms with E-state index in [-0.39, 0.29) is 5.28 Å². The third-order valence-electron chi connectivity index (χ3n) is 0.945. The molecule has 0 spiro atoms. The molecule has 1 aromatic rings. The fourth-order valence-electron chi connectivity index (χ4n) is 0.494. The molecule has 0 aliphatic rings. The van der Waals surface area contributed by atoms with Gasteiger partial charge in [-0.05, 0) is 11.6 Å². The Morgan fingerprint density at radius 3 is 2.42 bits per heavy atom. The zero-order chi connectivity index (χ0) is 9.35. The molecule has 0 saturated carbocycles. The van der Waals surface area contributed by atoms with Gasteiger partial charge < -0.3 is 0 Å². The van der Waals surface area contributed by atoms with Crippen molar-refractivity contribution in [3.05, 3.63) is 16.6 Å². The van der Waals surface area contributed by atoms with Gasteiger partial charge in [0.15, 0.2) is 10.0 Å². The summed E-state index contributed by atoms with van der Waals surface area (Å²) in [5.41, 5.74) is 0. The second-order valence-corrected chi connectivity index (χ2v) is 3.74. The first-order valence-corrected chi connectivity index (χ1v) is 4.68. The van der Waals surface area contributed by atoms with Crippen LogP contribution in [0.2, 0.25) is 10.4 Å². The second kappa shape index (κ2) is 3.12. The third-order valence-corrected chi connectivity index (χ3v) is 2.35. The van der Waals surface area contributed by atoms with Gasteiger partial charge in [-0.1, -0.05) is 11.6 Å². The lowest BCUT2D eigenvalue weighted by atomic mass is 10.7. The lowest BCUT2D eigenvalue weighted by Gasteiger charge is -1.95. The molecule has 1 aromatic heterocycles. The summed E-state index contributed by atoms with van der Waals surface area (Å²) in [6, 6.07) is 0. The molecule has 1 rings (SSSR count). The van der Waals surface area contributed by atoms with Gasteiger partial charge in [-0.3, -0.25) is 0 Å². The average molecular weight is 231 g/mol. The van der Waals surface area contributed by atoms with E-state index in [0.29, 0.717) is 6.20 Å². The predicted molar refractivity (Wildman–Crippen MR) is 40.3 cm³/mol. The van der Waals surface area contributed by atoms with E-state index >= 15 is 0 Å². The van der Waals surface area contributed by atoms with Gasteiger partial charge in [0.25, 0.3) is 0 Å². The average Bonchev–Trinajstić information content (AvgIpc) is 1.83. The highest BCUT2D eigenvalue weighted by molar-refractivity contribution is 7.86. The van der Waals surface area contributed by atoms with Crippen molar-refractivity contribution in [3.63, 3.8) is 0 Å². The molecule has 0 atom stereocenters. The van der Waals surface area contributed by atoms with Crippen molar-refractivity contribution in [2.24, 2.45) is 0 Å². The largest absolute Gasteiger partial charge is 0.336 e. The Morgan fingerprint density at radius 1 is 1.42 bits per heavy atom. The van der Waals surface area contributed by atoms with Crippen LogP contribution in [0.3, 0.4) is 0 Å². The van der Waals surface area contributed by atoms with Crippen molar-refractivity contribution in [1.82, 2.24) is 9.97 Å². The normalized spacial score (nSPS) is 11.6. The lowest BCUT2D eigenvalue weighted by Crippen LogP contribution is -1.96. The molecule has 0 aliphatic carbocycles. The Hall–Kier alpha value is -0.460. The maximum absolute atomic E-state index is 12.3. The first-order chi connectivity index (χ1) is 5.41. The zero-order valence-electron chi connectivity index (χ0n) is 5.33. The molecule has 4 nitrogen and oxygen atoms in total. The van der Waals surface area contributed by atoms with Crippen LogP contribution in [0.4, 0.5) is 3.89 Å². The van der Waals surface area contributed by atoms with Gasteiger partial charge in [0.05, 0.1) is 6.20 Å². The molecule has 12 heavy (non-hydrogen) atoms. The predicted octanol–water partition coefficient (Wildman–Crippen LogP) is 1.44. The molecule has 0 fully saturated rings. The minimum absolute atomic E-state index is 0.243. The van der Waals surface area contributed by atoms with Crippen LogP contribution in [0, 0.1) is 0 Å². The summed E-state index contributed by atoms with van der Waals surface area (Å²) >= 11 is 10.5. The van der Waals surface area contributed by atoms with Gasteiger partial charge in [0.2, 0.25) is 5.28 Å². The zero-order valence-corrected chi connectivity index (χ0v) is 7.66. The summed E-state index contributed by atoms with van der Waals surface area (Å²) in [5.74, 6) is 0. The van der Waals surface area contributed by atoms with Gasteiger partial charge in [-0.15, -0.1) is 3.89 Å². The molecule has 0 aliphatic heterocycles. The van der Waals surface area contributed by atoms with Crippen LogP contribution in [-0.2, 0) is 10.2 Å². The summed E-state index contributed by atoms with van der Waals surface area (Å²) in [6.07, 6.45) is 0.701. The van der Waals surface area contributed by atoms with Crippen LogP contribution in [0.15, 0.2) is 11.1 Å². The summed E-state index contributed by atoms with van der Waals surface area (Å²) in [6.45, 7) is 0. The Balaban J connectivity index is 3.39. The minimum atomic E-state index is -4.87. The van der Waals surface area contributed by atoms with Crippen molar-refractivity contribution >= 4 is 33.4 Å². The fraction of sp³-hybridized carbons (Fsp3) is 0. The number of aromatic nitrogens is 2. The summed E-state index contributed by atoms with van der Waals surface area (Å²) in [4.78, 5) is 5.71. The first-order valence-electron chi connectivity index (χ1n) is 2.54. The van der Waals surface area contributed by atoms with E-state index in [4.69, 9.17) is 23.2 Å². The van der Waals surface area contributed by atoms with E-state index < -0.39 is 20.3 Å². The van der Waals surface area contributed by atoms with Crippen LogP contribution in [0.5, 0.6) is 0 Å². The third kappa shape index (κ3) is 2.02. The standard InChI is InChI=1S/C4HCl2FN2O2S/c5-3-2(12(7,10)11)1-8-4(6)9-3/h1H. The van der Waals surface area contributed by atoms with E-state index in [0.717, 1.165) is 0 Å². The second-order valence-electron chi connectivity index (χ2n) is 1.73. The Kier molecular flexibility index (Phi) is 2.50. The Labute approximate surface area is 77.6 Å². The van der Waals surface area contributed by atoms with Crippen molar-refractivity contribution < 1.29 is 12.3 Å². The number of hydrogen-bond acceptors (Lipinski definition) is 4. The molecule has 0 radical (unpaired) electrons. The van der Waals surface area contributed by atoms with Crippen LogP contribution in [0.1, 0.15) is 0 Å². The maximum Gasteiger partial charge on any atom is 0.336 e. The molecule has 8 heteroatoms. The van der Waals surface area contributed by atoms with Crippen molar-refractivity contribution in [3.8, 4) is 0 Å². The quantitative estimate of drug-likeness (QED) is 0.416. The highest BCUT2D eigenvalue weighted by atomic mass is 35.5. The van der Waals surface area contributed by atoms with Crippen LogP contribution in [0.25, 0.3) is 0 Å². The molecular weight excluding hydrogens is 230 g/mol.